The van der Waals surface area contributed by atoms with Crippen LogP contribution in [0.15, 0.2) is 41.2 Å². The van der Waals surface area contributed by atoms with Gasteiger partial charge >= 0.3 is 11.9 Å². The molecule has 0 aliphatic rings. The Bertz CT molecular complexity index is 1480. The summed E-state index contributed by atoms with van der Waals surface area (Å²) in [4.78, 5) is 53.8. The van der Waals surface area contributed by atoms with Crippen molar-refractivity contribution in [2.24, 2.45) is 5.41 Å². The van der Waals surface area contributed by atoms with Gasteiger partial charge in [-0.05, 0) is 78.3 Å². The summed E-state index contributed by atoms with van der Waals surface area (Å²) in [5.74, 6) is -5.31. The summed E-state index contributed by atoms with van der Waals surface area (Å²) >= 11 is 0. The molecule has 0 amide bonds. The monoisotopic (exact) mass is 559 g/mol. The lowest BCUT2D eigenvalue weighted by molar-refractivity contribution is -0.186. The van der Waals surface area contributed by atoms with Gasteiger partial charge in [-0.3, -0.25) is 19.2 Å². The number of halogens is 2. The predicted octanol–water partition coefficient (Wildman–Crippen LogP) is 4.11. The molecule has 0 fully saturated rings. The number of carbonyl (C=O) groups excluding carboxylic acids is 3. The number of aryl methyl sites for hydroxylation is 1. The lowest BCUT2D eigenvalue weighted by Crippen LogP contribution is -2.49. The van der Waals surface area contributed by atoms with E-state index in [9.17, 15) is 33.1 Å². The van der Waals surface area contributed by atoms with Crippen molar-refractivity contribution in [1.29, 1.82) is 0 Å². The number of hydrogen-bond donors (Lipinski definition) is 1. The van der Waals surface area contributed by atoms with Gasteiger partial charge in [0, 0.05) is 24.6 Å². The third kappa shape index (κ3) is 7.04. The number of phenols is 1. The summed E-state index contributed by atoms with van der Waals surface area (Å²) in [5, 5.41) is 16.8. The maximum Gasteiger partial charge on any atom is 0.324 e. The Balaban J connectivity index is 2.12. The smallest absolute Gasteiger partial charge is 0.324 e. The zero-order valence-electron chi connectivity index (χ0n) is 23.1. The first-order valence-corrected chi connectivity index (χ1v) is 12.4. The molecule has 0 spiro atoms. The molecule has 0 saturated carbocycles. The van der Waals surface area contributed by atoms with E-state index in [1.165, 1.54) is 24.3 Å². The molecule has 1 N–H and O–H groups in total. The molecule has 0 aliphatic heterocycles. The van der Waals surface area contributed by atoms with E-state index >= 15 is 0 Å². The molecule has 10 nitrogen and oxygen atoms in total. The van der Waals surface area contributed by atoms with Gasteiger partial charge in [0.15, 0.2) is 22.8 Å². The molecule has 0 atom stereocenters. The average Bonchev–Trinajstić information content (AvgIpc) is 2.82. The van der Waals surface area contributed by atoms with Crippen LogP contribution in [-0.2, 0) is 25.6 Å². The summed E-state index contributed by atoms with van der Waals surface area (Å²) in [6, 6.07) is 6.64. The molecule has 0 unspecified atom stereocenters. The second-order valence-corrected chi connectivity index (χ2v) is 11.4. The van der Waals surface area contributed by atoms with Crippen LogP contribution in [0.2, 0.25) is 0 Å². The Labute approximate surface area is 228 Å². The van der Waals surface area contributed by atoms with E-state index in [0.29, 0.717) is 6.07 Å². The maximum absolute atomic E-state index is 13.8. The summed E-state index contributed by atoms with van der Waals surface area (Å²) in [6.07, 6.45) is -1.18. The quantitative estimate of drug-likeness (QED) is 0.245. The highest BCUT2D eigenvalue weighted by molar-refractivity contribution is 6.07. The minimum atomic E-state index is -2.24. The molecule has 0 radical (unpaired) electrons. The van der Waals surface area contributed by atoms with Crippen molar-refractivity contribution in [1.82, 2.24) is 15.0 Å². The molecule has 40 heavy (non-hydrogen) atoms. The van der Waals surface area contributed by atoms with Gasteiger partial charge < -0.3 is 14.6 Å². The topological polar surface area (TPSA) is 138 Å². The Kier molecular flexibility index (Phi) is 8.42. The van der Waals surface area contributed by atoms with Crippen LogP contribution in [0.1, 0.15) is 64.7 Å². The zero-order valence-corrected chi connectivity index (χ0v) is 23.1. The van der Waals surface area contributed by atoms with Crippen LogP contribution in [0, 0.1) is 17.0 Å². The van der Waals surface area contributed by atoms with Gasteiger partial charge in [-0.1, -0.05) is 5.21 Å². The first-order valence-electron chi connectivity index (χ1n) is 12.4. The van der Waals surface area contributed by atoms with Crippen LogP contribution in [-0.4, -0.2) is 49.0 Å². The van der Waals surface area contributed by atoms with Crippen molar-refractivity contribution in [3.63, 3.8) is 0 Å². The van der Waals surface area contributed by atoms with Gasteiger partial charge in [-0.25, -0.2) is 13.5 Å². The minimum absolute atomic E-state index is 0.0901. The molecule has 3 aromatic rings. The fourth-order valence-corrected chi connectivity index (χ4v) is 3.81. The van der Waals surface area contributed by atoms with Crippen molar-refractivity contribution in [3.05, 3.63) is 63.9 Å². The van der Waals surface area contributed by atoms with Gasteiger partial charge in [0.25, 0.3) is 5.56 Å². The van der Waals surface area contributed by atoms with Crippen LogP contribution in [0.4, 0.5) is 8.78 Å². The number of benzene rings is 2. The molecular weight excluding hydrogens is 528 g/mol. The molecule has 0 aliphatic carbocycles. The van der Waals surface area contributed by atoms with Crippen molar-refractivity contribution >= 4 is 28.6 Å². The Morgan fingerprint density at radius 2 is 1.43 bits per heavy atom. The van der Waals surface area contributed by atoms with E-state index in [4.69, 9.17) is 9.47 Å². The molecule has 3 rings (SSSR count). The molecule has 214 valence electrons. The van der Waals surface area contributed by atoms with Crippen molar-refractivity contribution in [2.45, 2.75) is 72.1 Å². The molecule has 1 aromatic heterocycles. The van der Waals surface area contributed by atoms with Crippen LogP contribution < -0.4 is 5.56 Å². The molecular formula is C28H31F2N3O7. The third-order valence-electron chi connectivity index (χ3n) is 5.75. The summed E-state index contributed by atoms with van der Waals surface area (Å²) in [7, 11) is 0. The lowest BCUT2D eigenvalue weighted by atomic mass is 9.78. The van der Waals surface area contributed by atoms with Crippen molar-refractivity contribution in [3.8, 4) is 5.75 Å². The number of nitrogens with zero attached hydrogens (tertiary/aromatic N) is 3. The first-order chi connectivity index (χ1) is 18.4. The molecule has 0 saturated heterocycles. The number of rotatable bonds is 8. The maximum atomic E-state index is 13.8. The molecule has 2 aromatic carbocycles. The minimum Gasteiger partial charge on any atom is -0.508 e. The number of aromatic nitrogens is 3. The lowest BCUT2D eigenvalue weighted by Gasteiger charge is -2.34. The second kappa shape index (κ2) is 11.1. The van der Waals surface area contributed by atoms with Crippen LogP contribution in [0.3, 0.4) is 0 Å². The predicted molar refractivity (Wildman–Crippen MR) is 140 cm³/mol. The highest BCUT2D eigenvalue weighted by Gasteiger charge is 2.52. The summed E-state index contributed by atoms with van der Waals surface area (Å²) in [6.45, 7) is 9.07. The number of ketones is 1. The zero-order chi connectivity index (χ0) is 30.0. The summed E-state index contributed by atoms with van der Waals surface area (Å²) in [5.41, 5.74) is -5.29. The largest absolute Gasteiger partial charge is 0.508 e. The van der Waals surface area contributed by atoms with Crippen LogP contribution >= 0.6 is 0 Å². The fraction of sp³-hybridized carbons (Fsp3) is 0.429. The van der Waals surface area contributed by atoms with Gasteiger partial charge in [-0.2, -0.15) is 0 Å². The first kappa shape index (κ1) is 30.3. The van der Waals surface area contributed by atoms with Gasteiger partial charge in [-0.15, -0.1) is 5.10 Å². The Hall–Kier alpha value is -4.22. The van der Waals surface area contributed by atoms with Crippen LogP contribution in [0.25, 0.3) is 10.9 Å². The third-order valence-corrected chi connectivity index (χ3v) is 5.75. The van der Waals surface area contributed by atoms with Crippen molar-refractivity contribution < 1.29 is 37.7 Å². The fourth-order valence-electron chi connectivity index (χ4n) is 3.81. The molecule has 12 heteroatoms. The number of Topliss-reactive ketones (excluding diaryl/α,β-unsaturated/α-hetero) is 1. The van der Waals surface area contributed by atoms with E-state index < -0.39 is 70.9 Å². The number of esters is 2. The highest BCUT2D eigenvalue weighted by Crippen LogP contribution is 2.36. The van der Waals surface area contributed by atoms with E-state index in [0.717, 1.165) is 10.7 Å². The van der Waals surface area contributed by atoms with Crippen LogP contribution in [0.5, 0.6) is 5.75 Å². The van der Waals surface area contributed by atoms with Gasteiger partial charge in [0.05, 0.1) is 5.39 Å². The summed E-state index contributed by atoms with van der Waals surface area (Å²) < 4.78 is 39.4. The molecule has 1 heterocycles. The highest BCUT2D eigenvalue weighted by atomic mass is 19.2. The van der Waals surface area contributed by atoms with E-state index in [-0.39, 0.29) is 22.2 Å². The number of ether oxygens (including phenoxy) is 2. The average molecular weight is 560 g/mol. The number of fused-ring (bicyclic) bond motifs is 1. The Morgan fingerprint density at radius 1 is 0.900 bits per heavy atom. The number of phenolic OH excluding ortho intramolecular Hbond substituents is 1. The van der Waals surface area contributed by atoms with E-state index in [1.54, 1.807) is 41.5 Å². The number of aromatic hydroxyl groups is 1. The van der Waals surface area contributed by atoms with Gasteiger partial charge in [0.1, 0.15) is 22.5 Å². The number of carbonyl (C=O) groups is 3. The standard InChI is InChI=1S/C28H31F2N3O7/c1-26(2,3)39-24(37)28(25(38)40-27(4,5)6,15-22(35)16-7-9-17(34)10-8-16)11-12-33-23(36)18-13-19(29)20(30)14-21(18)31-32-33/h7-10,13-14,34H,11-12,15H2,1-6H3. The van der Waals surface area contributed by atoms with Gasteiger partial charge in [0.2, 0.25) is 0 Å². The normalized spacial score (nSPS) is 12.3. The van der Waals surface area contributed by atoms with E-state index in [1.807, 2.05) is 0 Å². The molecule has 0 bridgehead atoms. The second-order valence-electron chi connectivity index (χ2n) is 11.4. The number of hydrogen-bond acceptors (Lipinski definition) is 9. The Morgan fingerprint density at radius 3 is 1.95 bits per heavy atom. The SMILES string of the molecule is CC(C)(C)OC(=O)C(CCn1nnc2cc(F)c(F)cc2c1=O)(CC(=O)c1ccc(O)cc1)C(=O)OC(C)(C)C. The van der Waals surface area contributed by atoms with Crippen molar-refractivity contribution in [2.75, 3.05) is 0 Å². The van der Waals surface area contributed by atoms with E-state index in [2.05, 4.69) is 10.3 Å².